The Balaban J connectivity index is 1.48. The van der Waals surface area contributed by atoms with Crippen molar-refractivity contribution in [3.63, 3.8) is 0 Å². The van der Waals surface area contributed by atoms with Crippen LogP contribution in [-0.2, 0) is 4.74 Å². The largest absolute Gasteiger partial charge is 0.368 e. The molecule has 0 N–H and O–H groups in total. The maximum atomic E-state index is 6.19. The molecule has 3 fully saturated rings. The lowest BCUT2D eigenvalue weighted by atomic mass is 9.47. The van der Waals surface area contributed by atoms with Gasteiger partial charge in [-0.1, -0.05) is 65.3 Å². The maximum Gasteiger partial charge on any atom is 0.0921 e. The second-order valence-corrected chi connectivity index (χ2v) is 13.8. The highest BCUT2D eigenvalue weighted by atomic mass is 32.2. The van der Waals surface area contributed by atoms with Crippen LogP contribution in [0.5, 0.6) is 0 Å². The van der Waals surface area contributed by atoms with Gasteiger partial charge in [-0.15, -0.1) is 11.8 Å². The molecule has 33 heavy (non-hydrogen) atoms. The van der Waals surface area contributed by atoms with Crippen LogP contribution >= 0.6 is 11.8 Å². The Labute approximate surface area is 210 Å². The molecule has 3 saturated carbocycles. The second kappa shape index (κ2) is 10.4. The number of hydrogen-bond donors (Lipinski definition) is 0. The van der Waals surface area contributed by atoms with Gasteiger partial charge >= 0.3 is 0 Å². The molecule has 0 aromatic carbocycles. The normalized spacial score (nSPS) is 42.5. The number of ether oxygens (including phenoxy) is 1. The first-order valence-corrected chi connectivity index (χ1v) is 15.6. The minimum atomic E-state index is 0.501. The van der Waals surface area contributed by atoms with Crippen molar-refractivity contribution >= 4 is 11.8 Å². The zero-order valence-corrected chi connectivity index (χ0v) is 23.6. The molecule has 0 heterocycles. The molecule has 5 unspecified atom stereocenters. The van der Waals surface area contributed by atoms with Crippen LogP contribution in [0.25, 0.3) is 0 Å². The fraction of sp³-hybridized carbons (Fsp3) is 0.871. The monoisotopic (exact) mass is 472 g/mol. The van der Waals surface area contributed by atoms with Crippen LogP contribution in [0.1, 0.15) is 99.3 Å². The minimum absolute atomic E-state index is 0.501. The highest BCUT2D eigenvalue weighted by Gasteiger charge is 2.58. The standard InChI is InChI=1S/C31H52OS/c1-8-23(21(2)3)10-9-22(4)27-13-14-28-26-12-11-24-19-25(32-20-33-7)15-17-30(24,5)29(26)16-18-31(27,28)6/h9-10,12,21-25,27-29H,8,11,13-20H2,1-7H3/b10-9+/t22?,23?,24-,25?,27+,28-,29-,30?,31?/m0/s1. The van der Waals surface area contributed by atoms with Crippen molar-refractivity contribution in [3.8, 4) is 0 Å². The Hall–Kier alpha value is -0.210. The summed E-state index contributed by atoms with van der Waals surface area (Å²) in [5.41, 5.74) is 2.92. The van der Waals surface area contributed by atoms with Gasteiger partial charge in [0.25, 0.3) is 0 Å². The van der Waals surface area contributed by atoms with Crippen molar-refractivity contribution in [2.45, 2.75) is 105 Å². The van der Waals surface area contributed by atoms with E-state index in [-0.39, 0.29) is 0 Å². The molecule has 188 valence electrons. The van der Waals surface area contributed by atoms with Gasteiger partial charge < -0.3 is 4.74 Å². The van der Waals surface area contributed by atoms with E-state index in [1.165, 1.54) is 57.8 Å². The van der Waals surface area contributed by atoms with Crippen molar-refractivity contribution in [2.75, 3.05) is 12.2 Å². The van der Waals surface area contributed by atoms with Gasteiger partial charge in [0.2, 0.25) is 0 Å². The van der Waals surface area contributed by atoms with E-state index in [9.17, 15) is 0 Å². The lowest BCUT2D eigenvalue weighted by Gasteiger charge is -2.58. The molecule has 4 aliphatic rings. The first-order chi connectivity index (χ1) is 15.7. The summed E-state index contributed by atoms with van der Waals surface area (Å²) in [6, 6.07) is 0. The zero-order valence-electron chi connectivity index (χ0n) is 22.7. The van der Waals surface area contributed by atoms with E-state index in [1.54, 1.807) is 0 Å². The van der Waals surface area contributed by atoms with Crippen LogP contribution < -0.4 is 0 Å². The molecular formula is C31H52OS. The van der Waals surface area contributed by atoms with Crippen molar-refractivity contribution in [1.82, 2.24) is 0 Å². The first kappa shape index (κ1) is 25.9. The molecule has 9 atom stereocenters. The van der Waals surface area contributed by atoms with Gasteiger partial charge in [0, 0.05) is 0 Å². The van der Waals surface area contributed by atoms with E-state index in [4.69, 9.17) is 4.74 Å². The molecule has 0 saturated heterocycles. The minimum Gasteiger partial charge on any atom is -0.368 e. The average Bonchev–Trinajstić information content (AvgIpc) is 3.15. The molecule has 0 amide bonds. The Kier molecular flexibility index (Phi) is 8.17. The molecule has 0 aliphatic heterocycles. The van der Waals surface area contributed by atoms with E-state index < -0.39 is 0 Å². The molecule has 4 rings (SSSR count). The van der Waals surface area contributed by atoms with Crippen molar-refractivity contribution in [3.05, 3.63) is 23.8 Å². The fourth-order valence-corrected chi connectivity index (χ4v) is 9.30. The van der Waals surface area contributed by atoms with Gasteiger partial charge in [0.1, 0.15) is 0 Å². The predicted octanol–water partition coefficient (Wildman–Crippen LogP) is 9.15. The van der Waals surface area contributed by atoms with E-state index in [1.807, 2.05) is 17.3 Å². The lowest BCUT2D eigenvalue weighted by Crippen LogP contribution is -2.50. The summed E-state index contributed by atoms with van der Waals surface area (Å²) in [6.07, 6.45) is 22.8. The van der Waals surface area contributed by atoms with Crippen LogP contribution in [-0.4, -0.2) is 18.3 Å². The van der Waals surface area contributed by atoms with Crippen molar-refractivity contribution in [1.29, 1.82) is 0 Å². The molecular weight excluding hydrogens is 420 g/mol. The summed E-state index contributed by atoms with van der Waals surface area (Å²) in [5.74, 6) is 6.43. The third kappa shape index (κ3) is 4.78. The van der Waals surface area contributed by atoms with Gasteiger partial charge in [0.15, 0.2) is 0 Å². The van der Waals surface area contributed by atoms with E-state index >= 15 is 0 Å². The van der Waals surface area contributed by atoms with E-state index in [0.717, 1.165) is 41.4 Å². The number of rotatable bonds is 8. The summed E-state index contributed by atoms with van der Waals surface area (Å²) in [4.78, 5) is 0. The van der Waals surface area contributed by atoms with Gasteiger partial charge in [-0.2, -0.15) is 0 Å². The smallest absolute Gasteiger partial charge is 0.0921 e. The van der Waals surface area contributed by atoms with E-state index in [2.05, 4.69) is 66.0 Å². The second-order valence-electron chi connectivity index (χ2n) is 13.0. The molecule has 0 radical (unpaired) electrons. The summed E-state index contributed by atoms with van der Waals surface area (Å²) in [6.45, 7) is 15.0. The zero-order chi connectivity index (χ0) is 23.8. The van der Waals surface area contributed by atoms with Crippen LogP contribution in [0, 0.1) is 52.3 Å². The number of fused-ring (bicyclic) bond motifs is 5. The third-order valence-electron chi connectivity index (χ3n) is 11.2. The molecule has 0 spiro atoms. The summed E-state index contributed by atoms with van der Waals surface area (Å²) in [5, 5.41) is 0. The maximum absolute atomic E-state index is 6.19. The van der Waals surface area contributed by atoms with Crippen molar-refractivity contribution < 1.29 is 4.74 Å². The molecule has 2 heteroatoms. The molecule has 0 aromatic heterocycles. The molecule has 4 aliphatic carbocycles. The van der Waals surface area contributed by atoms with Gasteiger partial charge in [-0.3, -0.25) is 0 Å². The Bertz CT molecular complexity index is 724. The van der Waals surface area contributed by atoms with Crippen LogP contribution in [0.15, 0.2) is 23.8 Å². The van der Waals surface area contributed by atoms with Gasteiger partial charge in [-0.05, 0) is 116 Å². The SMILES string of the molecule is CCC(/C=C/C(C)[C@H]1CC[C@H]2C3=CC[C@H]4CC(OCSC)CCC4(C)[C@H]3CCC12C)C(C)C. The molecule has 0 aromatic rings. The number of hydrogen-bond acceptors (Lipinski definition) is 2. The topological polar surface area (TPSA) is 9.23 Å². The van der Waals surface area contributed by atoms with Crippen LogP contribution in [0.2, 0.25) is 0 Å². The Morgan fingerprint density at radius 1 is 1.03 bits per heavy atom. The summed E-state index contributed by atoms with van der Waals surface area (Å²) >= 11 is 1.82. The van der Waals surface area contributed by atoms with Crippen molar-refractivity contribution in [2.24, 2.45) is 52.3 Å². The van der Waals surface area contributed by atoms with Gasteiger partial charge in [0.05, 0.1) is 12.0 Å². The number of thioether (sulfide) groups is 1. The van der Waals surface area contributed by atoms with Crippen LogP contribution in [0.3, 0.4) is 0 Å². The molecule has 1 nitrogen and oxygen atoms in total. The van der Waals surface area contributed by atoms with E-state index in [0.29, 0.717) is 22.9 Å². The van der Waals surface area contributed by atoms with Crippen LogP contribution in [0.4, 0.5) is 0 Å². The first-order valence-electron chi connectivity index (χ1n) is 14.2. The Morgan fingerprint density at radius 3 is 2.45 bits per heavy atom. The highest BCUT2D eigenvalue weighted by molar-refractivity contribution is 7.98. The Morgan fingerprint density at radius 2 is 1.76 bits per heavy atom. The summed E-state index contributed by atoms with van der Waals surface area (Å²) < 4.78 is 6.19. The quantitative estimate of drug-likeness (QED) is 0.257. The lowest BCUT2D eigenvalue weighted by molar-refractivity contribution is -0.0564. The molecule has 0 bridgehead atoms. The van der Waals surface area contributed by atoms with Gasteiger partial charge in [-0.25, -0.2) is 0 Å². The average molecular weight is 473 g/mol. The highest BCUT2D eigenvalue weighted by Crippen LogP contribution is 2.66. The number of allylic oxidation sites excluding steroid dienone is 4. The third-order valence-corrected chi connectivity index (χ3v) is 11.5. The summed E-state index contributed by atoms with van der Waals surface area (Å²) in [7, 11) is 0. The fourth-order valence-electron chi connectivity index (χ4n) is 8.97. The predicted molar refractivity (Wildman–Crippen MR) is 145 cm³/mol.